The van der Waals surface area contributed by atoms with Gasteiger partial charge in [-0.3, -0.25) is 0 Å². The van der Waals surface area contributed by atoms with Gasteiger partial charge in [0.2, 0.25) is 0 Å². The molecule has 0 aromatic heterocycles. The quantitative estimate of drug-likeness (QED) is 0.516. The molecule has 0 aliphatic heterocycles. The first-order chi connectivity index (χ1) is 16.0. The highest BCUT2D eigenvalue weighted by Crippen LogP contribution is 2.65. The summed E-state index contributed by atoms with van der Waals surface area (Å²) < 4.78 is 5.38. The molecule has 3 nitrogen and oxygen atoms in total. The maximum atomic E-state index is 11.0. The van der Waals surface area contributed by atoms with Crippen LogP contribution in [0.15, 0.2) is 30.3 Å². The van der Waals surface area contributed by atoms with Crippen LogP contribution in [0.3, 0.4) is 0 Å². The lowest BCUT2D eigenvalue weighted by Gasteiger charge is -2.57. The molecule has 0 saturated heterocycles. The largest absolute Gasteiger partial charge is 0.387 e. The Bertz CT molecular complexity index is 783. The summed E-state index contributed by atoms with van der Waals surface area (Å²) in [5.74, 6) is 5.13. The molecule has 0 spiro atoms. The van der Waals surface area contributed by atoms with Crippen LogP contribution >= 0.6 is 0 Å². The Morgan fingerprint density at radius 1 is 1.00 bits per heavy atom. The smallest absolute Gasteiger partial charge is 0.0882 e. The van der Waals surface area contributed by atoms with Crippen molar-refractivity contribution in [2.24, 2.45) is 40.9 Å². The van der Waals surface area contributed by atoms with Gasteiger partial charge < -0.3 is 15.2 Å². The highest BCUT2D eigenvalue weighted by Gasteiger charge is 2.58. The van der Waals surface area contributed by atoms with Crippen LogP contribution in [0.4, 0.5) is 0 Å². The van der Waals surface area contributed by atoms with Gasteiger partial charge in [0.05, 0.1) is 12.2 Å². The van der Waals surface area contributed by atoms with Crippen molar-refractivity contribution in [1.29, 1.82) is 0 Å². The molecule has 3 heteroatoms. The van der Waals surface area contributed by atoms with Gasteiger partial charge in [-0.15, -0.1) is 0 Å². The lowest BCUT2D eigenvalue weighted by molar-refractivity contribution is -0.125. The third-order valence-corrected chi connectivity index (χ3v) is 10.9. The second-order valence-electron chi connectivity index (χ2n) is 12.4. The van der Waals surface area contributed by atoms with Crippen LogP contribution in [0.2, 0.25) is 0 Å². The van der Waals surface area contributed by atoms with E-state index in [9.17, 15) is 5.11 Å². The van der Waals surface area contributed by atoms with Gasteiger partial charge in [-0.25, -0.2) is 0 Å². The van der Waals surface area contributed by atoms with Gasteiger partial charge in [0.1, 0.15) is 0 Å². The summed E-state index contributed by atoms with van der Waals surface area (Å²) in [5.41, 5.74) is 1.34. The summed E-state index contributed by atoms with van der Waals surface area (Å²) >= 11 is 0. The fourth-order valence-electron chi connectivity index (χ4n) is 9.48. The van der Waals surface area contributed by atoms with Crippen molar-refractivity contribution < 1.29 is 9.84 Å². The number of aliphatic hydroxyl groups is 1. The zero-order valence-electron chi connectivity index (χ0n) is 21.3. The first kappa shape index (κ1) is 23.8. The van der Waals surface area contributed by atoms with E-state index in [1.54, 1.807) is 7.11 Å². The molecule has 184 valence electrons. The minimum atomic E-state index is -0.566. The zero-order valence-corrected chi connectivity index (χ0v) is 21.3. The van der Waals surface area contributed by atoms with Crippen LogP contribution in [0, 0.1) is 40.9 Å². The van der Waals surface area contributed by atoms with Gasteiger partial charge >= 0.3 is 0 Å². The Morgan fingerprint density at radius 2 is 1.79 bits per heavy atom. The first-order valence-electron chi connectivity index (χ1n) is 14.0. The van der Waals surface area contributed by atoms with Crippen molar-refractivity contribution in [1.82, 2.24) is 5.32 Å². The van der Waals surface area contributed by atoms with Gasteiger partial charge in [-0.05, 0) is 111 Å². The molecule has 5 rings (SSSR count). The molecule has 4 aliphatic carbocycles. The van der Waals surface area contributed by atoms with Crippen molar-refractivity contribution in [3.05, 3.63) is 35.9 Å². The molecule has 1 aromatic carbocycles. The number of benzene rings is 1. The molecule has 33 heavy (non-hydrogen) atoms. The number of nitrogens with one attached hydrogen (secondary N) is 1. The summed E-state index contributed by atoms with van der Waals surface area (Å²) in [6.45, 7) is 6.57. The van der Waals surface area contributed by atoms with Gasteiger partial charge in [-0.1, -0.05) is 44.2 Å². The highest BCUT2D eigenvalue weighted by atomic mass is 16.5. The predicted octanol–water partition coefficient (Wildman–Crippen LogP) is 6.20. The summed E-state index contributed by atoms with van der Waals surface area (Å²) in [5, 5.41) is 15.0. The molecule has 4 fully saturated rings. The van der Waals surface area contributed by atoms with E-state index in [-0.39, 0.29) is 0 Å². The molecule has 1 aromatic rings. The summed E-state index contributed by atoms with van der Waals surface area (Å²) in [4.78, 5) is 0. The summed E-state index contributed by atoms with van der Waals surface area (Å²) in [6, 6.07) is 11.6. The van der Waals surface area contributed by atoms with E-state index in [1.165, 1.54) is 56.9 Å². The van der Waals surface area contributed by atoms with Crippen LogP contribution in [0.1, 0.15) is 83.6 Å². The molecule has 9 atom stereocenters. The number of hydrogen-bond acceptors (Lipinski definition) is 3. The van der Waals surface area contributed by atoms with Crippen molar-refractivity contribution in [2.75, 3.05) is 13.7 Å². The Balaban J connectivity index is 1.26. The normalized spacial score (nSPS) is 43.4. The Labute approximate surface area is 202 Å². The molecule has 1 unspecified atom stereocenters. The number of methoxy groups -OCH3 is 1. The van der Waals surface area contributed by atoms with E-state index in [2.05, 4.69) is 49.5 Å². The van der Waals surface area contributed by atoms with Crippen LogP contribution < -0.4 is 5.32 Å². The molecule has 4 aliphatic rings. The Hall–Kier alpha value is -0.900. The topological polar surface area (TPSA) is 41.5 Å². The maximum absolute atomic E-state index is 11.0. The van der Waals surface area contributed by atoms with Gasteiger partial charge in [0, 0.05) is 19.7 Å². The predicted molar refractivity (Wildman–Crippen MR) is 135 cm³/mol. The average molecular weight is 454 g/mol. The van der Waals surface area contributed by atoms with Crippen LogP contribution in [0.5, 0.6) is 0 Å². The van der Waals surface area contributed by atoms with E-state index < -0.39 is 5.60 Å². The second-order valence-corrected chi connectivity index (χ2v) is 12.4. The molecule has 0 heterocycles. The molecular formula is C30H47NO2. The van der Waals surface area contributed by atoms with Crippen molar-refractivity contribution >= 4 is 0 Å². The summed E-state index contributed by atoms with van der Waals surface area (Å²) in [7, 11) is 1.73. The fourth-order valence-corrected chi connectivity index (χ4v) is 9.48. The van der Waals surface area contributed by atoms with E-state index in [0.717, 1.165) is 54.9 Å². The SMILES string of the molecule is CC[C@H](NCc1ccccc1)C1CC[C@H]2[C@@H]3CC[C@@H]4C[C@@](O)(COC)CC[C@@H]4[C@H]3CC[C@]12C. The van der Waals surface area contributed by atoms with Crippen LogP contribution in [-0.2, 0) is 11.3 Å². The van der Waals surface area contributed by atoms with Crippen molar-refractivity contribution in [3.63, 3.8) is 0 Å². The molecule has 4 saturated carbocycles. The molecule has 0 bridgehead atoms. The maximum Gasteiger partial charge on any atom is 0.0882 e. The lowest BCUT2D eigenvalue weighted by Crippen LogP contribution is -2.53. The van der Waals surface area contributed by atoms with Crippen LogP contribution in [-0.4, -0.2) is 30.5 Å². The third-order valence-electron chi connectivity index (χ3n) is 10.9. The lowest BCUT2D eigenvalue weighted by atomic mass is 9.48. The minimum Gasteiger partial charge on any atom is -0.387 e. The van der Waals surface area contributed by atoms with Gasteiger partial charge in [0.25, 0.3) is 0 Å². The van der Waals surface area contributed by atoms with E-state index in [0.29, 0.717) is 18.1 Å². The number of fused-ring (bicyclic) bond motifs is 5. The molecule has 0 radical (unpaired) electrons. The van der Waals surface area contributed by atoms with E-state index >= 15 is 0 Å². The molecular weight excluding hydrogens is 406 g/mol. The molecule has 2 N–H and O–H groups in total. The standard InChI is InChI=1S/C30H47NO2/c1-4-28(31-19-21-8-6-5-7-9-21)27-13-12-26-25-11-10-22-18-30(32,20-33-3)17-15-23(22)24(25)14-16-29(26,27)2/h5-9,22-28,31-32H,4,10-20H2,1-3H3/t22-,23+,24-,25-,26+,27?,28+,29+,30-/m1/s1. The Kier molecular flexibility index (Phi) is 6.95. The summed E-state index contributed by atoms with van der Waals surface area (Å²) in [6.07, 6.45) is 12.8. The number of hydrogen-bond donors (Lipinski definition) is 2. The van der Waals surface area contributed by atoms with Gasteiger partial charge in [0.15, 0.2) is 0 Å². The highest BCUT2D eigenvalue weighted by molar-refractivity contribution is 5.15. The van der Waals surface area contributed by atoms with Crippen LogP contribution in [0.25, 0.3) is 0 Å². The first-order valence-corrected chi connectivity index (χ1v) is 14.0. The van der Waals surface area contributed by atoms with Gasteiger partial charge in [-0.2, -0.15) is 0 Å². The van der Waals surface area contributed by atoms with Crippen molar-refractivity contribution in [2.45, 2.75) is 96.2 Å². The van der Waals surface area contributed by atoms with E-state index in [4.69, 9.17) is 4.74 Å². The zero-order chi connectivity index (χ0) is 23.1. The Morgan fingerprint density at radius 3 is 2.55 bits per heavy atom. The third kappa shape index (κ3) is 4.43. The minimum absolute atomic E-state index is 0.504. The monoisotopic (exact) mass is 453 g/mol. The van der Waals surface area contributed by atoms with Crippen molar-refractivity contribution in [3.8, 4) is 0 Å². The fraction of sp³-hybridized carbons (Fsp3) is 0.800. The number of ether oxygens (including phenoxy) is 1. The second kappa shape index (κ2) is 9.63. The number of rotatable bonds is 7. The van der Waals surface area contributed by atoms with E-state index in [1.807, 2.05) is 0 Å². The average Bonchev–Trinajstić information content (AvgIpc) is 3.17. The molecule has 0 amide bonds.